The summed E-state index contributed by atoms with van der Waals surface area (Å²) in [5.41, 5.74) is 3.59. The van der Waals surface area contributed by atoms with Crippen molar-refractivity contribution < 1.29 is 9.84 Å². The summed E-state index contributed by atoms with van der Waals surface area (Å²) in [6.07, 6.45) is 14.8. The average molecular weight is 553 g/mol. The summed E-state index contributed by atoms with van der Waals surface area (Å²) in [6.45, 7) is 7.23. The average Bonchev–Trinajstić information content (AvgIpc) is 2.95. The van der Waals surface area contributed by atoms with Gasteiger partial charge in [0.2, 0.25) is 0 Å². The van der Waals surface area contributed by atoms with Gasteiger partial charge in [-0.05, 0) is 67.9 Å². The molecule has 3 aromatic rings. The normalized spacial score (nSPS) is 12.4. The van der Waals surface area contributed by atoms with Crippen molar-refractivity contribution in [3.8, 4) is 17.0 Å². The predicted octanol–water partition coefficient (Wildman–Crippen LogP) is 9.62. The third kappa shape index (κ3) is 10.4. The molecule has 0 saturated heterocycles. The van der Waals surface area contributed by atoms with Crippen LogP contribution in [0.15, 0.2) is 48.5 Å². The zero-order chi connectivity index (χ0) is 27.9. The first-order chi connectivity index (χ1) is 19.0. The van der Waals surface area contributed by atoms with Crippen LogP contribution in [0.3, 0.4) is 0 Å². The second kappa shape index (κ2) is 17.5. The Morgan fingerprint density at radius 3 is 1.97 bits per heavy atom. The molecule has 5 heteroatoms. The number of aliphatic hydroxyl groups excluding tert-OH is 1. The van der Waals surface area contributed by atoms with Crippen LogP contribution in [0.25, 0.3) is 22.2 Å². The Hall–Kier alpha value is -2.14. The number of pyridine rings is 1. The molecule has 0 aliphatic carbocycles. The molecule has 1 heterocycles. The van der Waals surface area contributed by atoms with E-state index in [0.29, 0.717) is 11.6 Å². The van der Waals surface area contributed by atoms with E-state index in [1.165, 1.54) is 77.0 Å². The number of hydrogen-bond donors (Lipinski definition) is 1. The Labute approximate surface area is 241 Å². The van der Waals surface area contributed by atoms with Gasteiger partial charge in [-0.1, -0.05) is 102 Å². The molecule has 2 aromatic carbocycles. The van der Waals surface area contributed by atoms with Crippen LogP contribution in [0.1, 0.15) is 103 Å². The van der Waals surface area contributed by atoms with Gasteiger partial charge in [0.05, 0.1) is 24.4 Å². The summed E-state index contributed by atoms with van der Waals surface area (Å²) in [5, 5.41) is 13.3. The van der Waals surface area contributed by atoms with Gasteiger partial charge in [0.1, 0.15) is 5.75 Å². The molecule has 0 spiro atoms. The smallest absolute Gasteiger partial charge is 0.119 e. The first-order valence-corrected chi connectivity index (χ1v) is 15.6. The zero-order valence-corrected chi connectivity index (χ0v) is 25.2. The Bertz CT molecular complexity index is 1090. The topological polar surface area (TPSA) is 45.6 Å². The highest BCUT2D eigenvalue weighted by Gasteiger charge is 2.19. The number of ether oxygens (including phenoxy) is 1. The third-order valence-electron chi connectivity index (χ3n) is 7.63. The maximum atomic E-state index is 11.7. The highest BCUT2D eigenvalue weighted by Crippen LogP contribution is 2.32. The quantitative estimate of drug-likeness (QED) is 0.150. The lowest BCUT2D eigenvalue weighted by atomic mass is 9.99. The van der Waals surface area contributed by atoms with Crippen LogP contribution in [-0.2, 0) is 0 Å². The Morgan fingerprint density at radius 2 is 1.38 bits per heavy atom. The van der Waals surface area contributed by atoms with E-state index in [-0.39, 0.29) is 0 Å². The number of rotatable bonds is 19. The first-order valence-electron chi connectivity index (χ1n) is 15.2. The van der Waals surface area contributed by atoms with E-state index in [2.05, 4.69) is 18.7 Å². The molecule has 0 radical (unpaired) electrons. The Kier molecular flexibility index (Phi) is 14.1. The summed E-state index contributed by atoms with van der Waals surface area (Å²) >= 11 is 6.14. The minimum Gasteiger partial charge on any atom is -0.497 e. The van der Waals surface area contributed by atoms with Gasteiger partial charge in [-0.25, -0.2) is 4.98 Å². The van der Waals surface area contributed by atoms with E-state index >= 15 is 0 Å². The molecule has 0 aliphatic heterocycles. The Balaban J connectivity index is 1.79. The van der Waals surface area contributed by atoms with Gasteiger partial charge in [0.25, 0.3) is 0 Å². The molecule has 0 amide bonds. The number of methoxy groups -OCH3 is 1. The molecule has 39 heavy (non-hydrogen) atoms. The number of fused-ring (bicyclic) bond motifs is 1. The van der Waals surface area contributed by atoms with Crippen LogP contribution >= 0.6 is 11.6 Å². The Morgan fingerprint density at radius 1 is 0.795 bits per heavy atom. The number of benzene rings is 2. The minimum absolute atomic E-state index is 0.617. The van der Waals surface area contributed by atoms with Crippen molar-refractivity contribution in [1.29, 1.82) is 0 Å². The highest BCUT2D eigenvalue weighted by atomic mass is 35.5. The van der Waals surface area contributed by atoms with E-state index < -0.39 is 6.10 Å². The van der Waals surface area contributed by atoms with Crippen LogP contribution in [0.4, 0.5) is 0 Å². The monoisotopic (exact) mass is 552 g/mol. The molecule has 0 fully saturated rings. The molecule has 1 N–H and O–H groups in total. The SMILES string of the molecule is CCCCCCCCN(CCCCCCCC)CC(O)c1cc(-c2ccc(Cl)cc2)nc2ccc(OC)cc12. The van der Waals surface area contributed by atoms with Crippen molar-refractivity contribution in [3.05, 3.63) is 59.1 Å². The van der Waals surface area contributed by atoms with Gasteiger partial charge >= 0.3 is 0 Å². The molecule has 1 unspecified atom stereocenters. The van der Waals surface area contributed by atoms with Crippen LogP contribution in [0.2, 0.25) is 5.02 Å². The van der Waals surface area contributed by atoms with Crippen LogP contribution in [0.5, 0.6) is 5.75 Å². The minimum atomic E-state index is -0.617. The first kappa shape index (κ1) is 31.4. The molecular formula is C34H49ClN2O2. The van der Waals surface area contributed by atoms with Gasteiger partial charge in [-0.2, -0.15) is 0 Å². The fourth-order valence-corrected chi connectivity index (χ4v) is 5.40. The number of nitrogens with zero attached hydrogens (tertiary/aromatic N) is 2. The number of unbranched alkanes of at least 4 members (excludes halogenated alkanes) is 10. The van der Waals surface area contributed by atoms with Crippen molar-refractivity contribution in [3.63, 3.8) is 0 Å². The lowest BCUT2D eigenvalue weighted by molar-refractivity contribution is 0.111. The summed E-state index contributed by atoms with van der Waals surface area (Å²) in [7, 11) is 1.68. The van der Waals surface area contributed by atoms with Crippen molar-refractivity contribution in [2.24, 2.45) is 0 Å². The fourth-order valence-electron chi connectivity index (χ4n) is 5.27. The van der Waals surface area contributed by atoms with E-state index in [1.54, 1.807) is 7.11 Å². The van der Waals surface area contributed by atoms with Crippen molar-refractivity contribution in [2.75, 3.05) is 26.7 Å². The van der Waals surface area contributed by atoms with Crippen LogP contribution in [-0.4, -0.2) is 41.7 Å². The molecule has 0 aliphatic rings. The van der Waals surface area contributed by atoms with E-state index in [1.807, 2.05) is 48.5 Å². The summed E-state index contributed by atoms with van der Waals surface area (Å²) < 4.78 is 5.52. The fraction of sp³-hybridized carbons (Fsp3) is 0.559. The molecule has 214 valence electrons. The second-order valence-electron chi connectivity index (χ2n) is 10.8. The summed E-state index contributed by atoms with van der Waals surface area (Å²) in [5.74, 6) is 0.771. The maximum Gasteiger partial charge on any atom is 0.119 e. The lowest BCUT2D eigenvalue weighted by Crippen LogP contribution is -2.31. The molecular weight excluding hydrogens is 504 g/mol. The van der Waals surface area contributed by atoms with E-state index in [4.69, 9.17) is 21.3 Å². The molecule has 0 saturated carbocycles. The molecule has 3 rings (SSSR count). The van der Waals surface area contributed by atoms with Gasteiger partial charge < -0.3 is 14.7 Å². The van der Waals surface area contributed by atoms with Crippen LogP contribution < -0.4 is 4.74 Å². The van der Waals surface area contributed by atoms with E-state index in [9.17, 15) is 5.11 Å². The van der Waals surface area contributed by atoms with Gasteiger partial charge in [-0.15, -0.1) is 0 Å². The van der Waals surface area contributed by atoms with Gasteiger partial charge in [0.15, 0.2) is 0 Å². The van der Waals surface area contributed by atoms with Crippen molar-refractivity contribution >= 4 is 22.5 Å². The zero-order valence-electron chi connectivity index (χ0n) is 24.4. The molecule has 1 atom stereocenters. The van der Waals surface area contributed by atoms with Gasteiger partial charge in [-0.3, -0.25) is 0 Å². The number of halogens is 1. The number of hydrogen-bond acceptors (Lipinski definition) is 4. The van der Waals surface area contributed by atoms with Crippen LogP contribution in [0, 0.1) is 0 Å². The summed E-state index contributed by atoms with van der Waals surface area (Å²) in [6, 6.07) is 15.7. The maximum absolute atomic E-state index is 11.7. The second-order valence-corrected chi connectivity index (χ2v) is 11.3. The van der Waals surface area contributed by atoms with Gasteiger partial charge in [0, 0.05) is 22.5 Å². The predicted molar refractivity (Wildman–Crippen MR) is 167 cm³/mol. The van der Waals surface area contributed by atoms with E-state index in [0.717, 1.165) is 46.6 Å². The standard InChI is InChI=1S/C34H49ClN2O2/c1-4-6-8-10-12-14-22-37(23-15-13-11-9-7-5-2)26-34(38)31-25-33(27-16-18-28(35)19-17-27)36-32-21-20-29(39-3)24-30(31)32/h16-21,24-25,34,38H,4-15,22-23,26H2,1-3H3. The molecule has 1 aromatic heterocycles. The highest BCUT2D eigenvalue weighted by molar-refractivity contribution is 6.30. The third-order valence-corrected chi connectivity index (χ3v) is 7.89. The van der Waals surface area contributed by atoms with Crippen molar-refractivity contribution in [2.45, 2.75) is 97.0 Å². The molecule has 0 bridgehead atoms. The molecule has 4 nitrogen and oxygen atoms in total. The largest absolute Gasteiger partial charge is 0.497 e. The summed E-state index contributed by atoms with van der Waals surface area (Å²) in [4.78, 5) is 7.40. The van der Waals surface area contributed by atoms with Crippen molar-refractivity contribution in [1.82, 2.24) is 9.88 Å². The lowest BCUT2D eigenvalue weighted by Gasteiger charge is -2.26. The number of aromatic nitrogens is 1. The number of aliphatic hydroxyl groups is 1.